The zero-order valence-electron chi connectivity index (χ0n) is 9.33. The van der Waals surface area contributed by atoms with Gasteiger partial charge in [-0.05, 0) is 19.1 Å². The second-order valence-corrected chi connectivity index (χ2v) is 4.50. The van der Waals surface area contributed by atoms with Gasteiger partial charge >= 0.3 is 5.97 Å². The Morgan fingerprint density at radius 1 is 1.53 bits per heavy atom. The van der Waals surface area contributed by atoms with Gasteiger partial charge in [-0.25, -0.2) is 9.18 Å². The molecule has 0 aliphatic heterocycles. The van der Waals surface area contributed by atoms with E-state index in [9.17, 15) is 9.18 Å². The molecule has 0 atom stereocenters. The summed E-state index contributed by atoms with van der Waals surface area (Å²) in [5.74, 6) is -0.789. The maximum absolute atomic E-state index is 13.7. The first-order valence-corrected chi connectivity index (χ1v) is 6.07. The molecule has 0 saturated heterocycles. The van der Waals surface area contributed by atoms with Crippen molar-refractivity contribution < 1.29 is 13.9 Å². The van der Waals surface area contributed by atoms with Crippen LogP contribution in [0.3, 0.4) is 0 Å². The van der Waals surface area contributed by atoms with E-state index in [0.29, 0.717) is 27.1 Å². The number of rotatable bonds is 3. The summed E-state index contributed by atoms with van der Waals surface area (Å²) in [5.41, 5.74) is 6.13. The van der Waals surface area contributed by atoms with Gasteiger partial charge < -0.3 is 10.5 Å². The van der Waals surface area contributed by atoms with Crippen LogP contribution in [0.2, 0.25) is 0 Å². The zero-order valence-corrected chi connectivity index (χ0v) is 10.1. The predicted molar refractivity (Wildman–Crippen MR) is 65.6 cm³/mol. The van der Waals surface area contributed by atoms with Gasteiger partial charge in [0.2, 0.25) is 0 Å². The van der Waals surface area contributed by atoms with E-state index in [0.717, 1.165) is 0 Å². The number of halogens is 1. The lowest BCUT2D eigenvalue weighted by Crippen LogP contribution is -2.08. The Morgan fingerprint density at radius 2 is 2.29 bits per heavy atom. The van der Waals surface area contributed by atoms with Crippen LogP contribution in [0, 0.1) is 5.82 Å². The molecule has 2 aromatic rings. The number of hydrogen-bond acceptors (Lipinski definition) is 4. The maximum atomic E-state index is 13.7. The third kappa shape index (κ3) is 2.03. The van der Waals surface area contributed by atoms with E-state index in [1.807, 2.05) is 0 Å². The fraction of sp³-hybridized carbons (Fsp3) is 0.250. The van der Waals surface area contributed by atoms with Crippen LogP contribution in [0.4, 0.5) is 4.39 Å². The molecule has 3 nitrogen and oxygen atoms in total. The Labute approximate surface area is 102 Å². The Kier molecular flexibility index (Phi) is 3.40. The standard InChI is InChI=1S/C12H12FNO2S/c1-2-16-12(15)11-7(6-14)10-8(13)4-3-5-9(10)17-11/h3-5H,2,6,14H2,1H3. The van der Waals surface area contributed by atoms with Crippen LogP contribution in [0.1, 0.15) is 22.2 Å². The maximum Gasteiger partial charge on any atom is 0.348 e. The van der Waals surface area contributed by atoms with E-state index in [4.69, 9.17) is 10.5 Å². The highest BCUT2D eigenvalue weighted by atomic mass is 32.1. The summed E-state index contributed by atoms with van der Waals surface area (Å²) < 4.78 is 19.3. The van der Waals surface area contributed by atoms with Crippen molar-refractivity contribution in [3.63, 3.8) is 0 Å². The molecule has 17 heavy (non-hydrogen) atoms. The number of ether oxygens (including phenoxy) is 1. The number of thiophene rings is 1. The summed E-state index contributed by atoms with van der Waals surface area (Å²) in [4.78, 5) is 12.1. The van der Waals surface area contributed by atoms with Crippen molar-refractivity contribution in [3.05, 3.63) is 34.5 Å². The monoisotopic (exact) mass is 253 g/mol. The summed E-state index contributed by atoms with van der Waals surface area (Å²) in [5, 5.41) is 0.433. The lowest BCUT2D eigenvalue weighted by Gasteiger charge is -2.01. The van der Waals surface area contributed by atoms with Crippen LogP contribution >= 0.6 is 11.3 Å². The second-order valence-electron chi connectivity index (χ2n) is 3.45. The van der Waals surface area contributed by atoms with Crippen molar-refractivity contribution in [2.75, 3.05) is 6.61 Å². The van der Waals surface area contributed by atoms with Gasteiger partial charge in [0, 0.05) is 22.2 Å². The predicted octanol–water partition coefficient (Wildman–Crippen LogP) is 2.68. The van der Waals surface area contributed by atoms with Gasteiger partial charge in [-0.15, -0.1) is 11.3 Å². The van der Waals surface area contributed by atoms with Crippen molar-refractivity contribution in [1.29, 1.82) is 0 Å². The van der Waals surface area contributed by atoms with E-state index < -0.39 is 5.97 Å². The first-order valence-electron chi connectivity index (χ1n) is 5.26. The fourth-order valence-corrected chi connectivity index (χ4v) is 2.86. The molecule has 90 valence electrons. The van der Waals surface area contributed by atoms with Crippen molar-refractivity contribution in [2.24, 2.45) is 5.73 Å². The number of benzene rings is 1. The number of carbonyl (C=O) groups is 1. The molecule has 0 radical (unpaired) electrons. The average Bonchev–Trinajstić information content (AvgIpc) is 2.69. The normalized spacial score (nSPS) is 10.8. The lowest BCUT2D eigenvalue weighted by molar-refractivity contribution is 0.0531. The molecular weight excluding hydrogens is 241 g/mol. The fourth-order valence-electron chi connectivity index (χ4n) is 1.72. The number of nitrogens with two attached hydrogens (primary N) is 1. The minimum absolute atomic E-state index is 0.120. The van der Waals surface area contributed by atoms with Crippen LogP contribution < -0.4 is 5.73 Å². The molecule has 1 aromatic carbocycles. The molecule has 1 aromatic heterocycles. The zero-order chi connectivity index (χ0) is 12.4. The largest absolute Gasteiger partial charge is 0.462 e. The van der Waals surface area contributed by atoms with Crippen molar-refractivity contribution >= 4 is 27.4 Å². The lowest BCUT2D eigenvalue weighted by atomic mass is 10.1. The summed E-state index contributed by atoms with van der Waals surface area (Å²) in [6.45, 7) is 2.14. The molecule has 0 aliphatic carbocycles. The van der Waals surface area contributed by atoms with Gasteiger partial charge in [0.1, 0.15) is 10.7 Å². The number of fused-ring (bicyclic) bond motifs is 1. The Morgan fingerprint density at radius 3 is 2.94 bits per heavy atom. The molecule has 1 heterocycles. The van der Waals surface area contributed by atoms with Crippen molar-refractivity contribution in [2.45, 2.75) is 13.5 Å². The van der Waals surface area contributed by atoms with Crippen LogP contribution in [0.5, 0.6) is 0 Å². The number of hydrogen-bond donors (Lipinski definition) is 1. The van der Waals surface area contributed by atoms with Crippen LogP contribution in [0.25, 0.3) is 10.1 Å². The highest BCUT2D eigenvalue weighted by molar-refractivity contribution is 7.21. The minimum atomic E-state index is -0.437. The third-order valence-electron chi connectivity index (χ3n) is 2.43. The van der Waals surface area contributed by atoms with Crippen molar-refractivity contribution in [3.8, 4) is 0 Å². The molecule has 0 saturated carbocycles. The molecule has 0 spiro atoms. The van der Waals surface area contributed by atoms with Gasteiger partial charge in [-0.1, -0.05) is 6.07 Å². The van der Waals surface area contributed by atoms with E-state index in [1.165, 1.54) is 17.4 Å². The summed E-state index contributed by atoms with van der Waals surface area (Å²) in [6.07, 6.45) is 0. The Hall–Kier alpha value is -1.46. The number of carbonyl (C=O) groups excluding carboxylic acids is 1. The van der Waals surface area contributed by atoms with Crippen LogP contribution in [-0.2, 0) is 11.3 Å². The summed E-state index contributed by atoms with van der Waals surface area (Å²) >= 11 is 1.22. The molecule has 0 aliphatic rings. The smallest absolute Gasteiger partial charge is 0.348 e. The molecule has 0 amide bonds. The number of esters is 1. The summed E-state index contributed by atoms with van der Waals surface area (Å²) in [6, 6.07) is 4.75. The van der Waals surface area contributed by atoms with E-state index in [2.05, 4.69) is 0 Å². The van der Waals surface area contributed by atoms with Gasteiger partial charge in [-0.3, -0.25) is 0 Å². The molecule has 2 N–H and O–H groups in total. The second kappa shape index (κ2) is 4.81. The molecule has 0 fully saturated rings. The van der Waals surface area contributed by atoms with Crippen LogP contribution in [0.15, 0.2) is 18.2 Å². The highest BCUT2D eigenvalue weighted by Crippen LogP contribution is 2.33. The van der Waals surface area contributed by atoms with Gasteiger partial charge in [0.15, 0.2) is 0 Å². The Bertz CT molecular complexity index is 565. The van der Waals surface area contributed by atoms with Crippen molar-refractivity contribution in [1.82, 2.24) is 0 Å². The first-order chi connectivity index (χ1) is 8.19. The molecule has 2 rings (SSSR count). The highest BCUT2D eigenvalue weighted by Gasteiger charge is 2.20. The van der Waals surface area contributed by atoms with Gasteiger partial charge in [-0.2, -0.15) is 0 Å². The van der Waals surface area contributed by atoms with E-state index in [1.54, 1.807) is 19.1 Å². The quantitative estimate of drug-likeness (QED) is 0.856. The summed E-state index contributed by atoms with van der Waals surface area (Å²) in [7, 11) is 0. The Balaban J connectivity index is 2.64. The topological polar surface area (TPSA) is 52.3 Å². The first kappa shape index (κ1) is 12.0. The third-order valence-corrected chi connectivity index (χ3v) is 3.61. The molecular formula is C12H12FNO2S. The van der Waals surface area contributed by atoms with Crippen LogP contribution in [-0.4, -0.2) is 12.6 Å². The average molecular weight is 253 g/mol. The molecule has 5 heteroatoms. The molecule has 0 bridgehead atoms. The SMILES string of the molecule is CCOC(=O)c1sc2cccc(F)c2c1CN. The molecule has 0 unspecified atom stereocenters. The van der Waals surface area contributed by atoms with Gasteiger partial charge in [0.25, 0.3) is 0 Å². The van der Waals surface area contributed by atoms with E-state index >= 15 is 0 Å². The van der Waals surface area contributed by atoms with Gasteiger partial charge in [0.05, 0.1) is 6.61 Å². The van der Waals surface area contributed by atoms with E-state index in [-0.39, 0.29) is 12.4 Å². The minimum Gasteiger partial charge on any atom is -0.462 e.